The highest BCUT2D eigenvalue weighted by Crippen LogP contribution is 2.34. The molecule has 1 aliphatic rings. The summed E-state index contributed by atoms with van der Waals surface area (Å²) in [6.07, 6.45) is 0. The number of furan rings is 1. The van der Waals surface area contributed by atoms with Gasteiger partial charge in [-0.2, -0.15) is 0 Å². The van der Waals surface area contributed by atoms with E-state index in [4.69, 9.17) is 18.6 Å². The summed E-state index contributed by atoms with van der Waals surface area (Å²) >= 11 is 0. The van der Waals surface area contributed by atoms with Crippen molar-refractivity contribution in [2.45, 2.75) is 6.54 Å². The third-order valence-electron chi connectivity index (χ3n) is 3.67. The van der Waals surface area contributed by atoms with Crippen molar-refractivity contribution in [2.24, 2.45) is 0 Å². The zero-order chi connectivity index (χ0) is 15.5. The van der Waals surface area contributed by atoms with E-state index in [-0.39, 0.29) is 6.79 Å². The Bertz CT molecular complexity index is 779. The molecule has 0 spiro atoms. The number of fused-ring (bicyclic) bond motifs is 2. The van der Waals surface area contributed by atoms with Crippen LogP contribution >= 0.6 is 0 Å². The molecule has 0 saturated heterocycles. The van der Waals surface area contributed by atoms with Crippen LogP contribution in [0.2, 0.25) is 0 Å². The van der Waals surface area contributed by atoms with Crippen LogP contribution in [-0.2, 0) is 6.54 Å². The monoisotopic (exact) mass is 311 g/mol. The fourth-order valence-electron chi connectivity index (χ4n) is 2.54. The van der Waals surface area contributed by atoms with Crippen LogP contribution in [0.5, 0.6) is 17.2 Å². The van der Waals surface area contributed by atoms with E-state index in [2.05, 4.69) is 11.4 Å². The van der Waals surface area contributed by atoms with E-state index in [9.17, 15) is 0 Å². The molecular formula is C18H17NO4. The van der Waals surface area contributed by atoms with Gasteiger partial charge in [0.15, 0.2) is 11.5 Å². The molecule has 0 bridgehead atoms. The number of benzene rings is 2. The van der Waals surface area contributed by atoms with Gasteiger partial charge in [0.2, 0.25) is 6.79 Å². The van der Waals surface area contributed by atoms with Crippen molar-refractivity contribution in [1.82, 2.24) is 5.32 Å². The summed E-state index contributed by atoms with van der Waals surface area (Å²) in [5.41, 5.74) is 0.918. The van der Waals surface area contributed by atoms with Crippen molar-refractivity contribution < 1.29 is 18.6 Å². The van der Waals surface area contributed by atoms with Gasteiger partial charge in [0, 0.05) is 18.0 Å². The summed E-state index contributed by atoms with van der Waals surface area (Å²) in [6, 6.07) is 15.7. The molecule has 0 saturated carbocycles. The topological polar surface area (TPSA) is 52.9 Å². The fourth-order valence-corrected chi connectivity index (χ4v) is 2.54. The molecule has 118 valence electrons. The second-order valence-corrected chi connectivity index (χ2v) is 5.29. The lowest BCUT2D eigenvalue weighted by molar-refractivity contribution is 0.173. The molecule has 0 unspecified atom stereocenters. The van der Waals surface area contributed by atoms with E-state index in [0.29, 0.717) is 13.2 Å². The molecule has 3 aromatic rings. The van der Waals surface area contributed by atoms with Gasteiger partial charge >= 0.3 is 0 Å². The molecule has 0 amide bonds. The van der Waals surface area contributed by atoms with Crippen molar-refractivity contribution in [3.05, 3.63) is 54.3 Å². The maximum atomic E-state index is 5.75. The molecule has 23 heavy (non-hydrogen) atoms. The van der Waals surface area contributed by atoms with Crippen LogP contribution < -0.4 is 19.5 Å². The fraction of sp³-hybridized carbons (Fsp3) is 0.222. The Balaban J connectivity index is 1.24. The van der Waals surface area contributed by atoms with Gasteiger partial charge in [-0.25, -0.2) is 0 Å². The smallest absolute Gasteiger partial charge is 0.231 e. The Hall–Kier alpha value is -2.66. The van der Waals surface area contributed by atoms with Crippen LogP contribution in [0.25, 0.3) is 11.0 Å². The van der Waals surface area contributed by atoms with Gasteiger partial charge in [-0.3, -0.25) is 0 Å². The standard InChI is InChI=1S/C18H17NO4/c1-2-4-16-13(3-1)9-15(23-16)11-19-7-8-20-14-5-6-17-18(10-14)22-12-21-17/h1-6,9-10,19H,7-8,11-12H2. The number of ether oxygens (including phenoxy) is 3. The minimum Gasteiger partial charge on any atom is -0.492 e. The average molecular weight is 311 g/mol. The lowest BCUT2D eigenvalue weighted by Crippen LogP contribution is -2.20. The minimum atomic E-state index is 0.276. The molecule has 0 fully saturated rings. The van der Waals surface area contributed by atoms with E-state index in [0.717, 1.165) is 40.5 Å². The second-order valence-electron chi connectivity index (χ2n) is 5.29. The first-order chi connectivity index (χ1) is 11.4. The van der Waals surface area contributed by atoms with Gasteiger partial charge in [0.25, 0.3) is 0 Å². The molecule has 5 nitrogen and oxygen atoms in total. The van der Waals surface area contributed by atoms with Gasteiger partial charge in [0.1, 0.15) is 23.7 Å². The molecule has 0 aliphatic carbocycles. The average Bonchev–Trinajstić information content (AvgIpc) is 3.20. The highest BCUT2D eigenvalue weighted by molar-refractivity contribution is 5.77. The van der Waals surface area contributed by atoms with E-state index in [1.807, 2.05) is 42.5 Å². The summed E-state index contributed by atoms with van der Waals surface area (Å²) in [5, 5.41) is 4.44. The quantitative estimate of drug-likeness (QED) is 0.708. The SMILES string of the molecule is c1ccc2oc(CNCCOc3ccc4c(c3)OCO4)cc2c1. The zero-order valence-corrected chi connectivity index (χ0v) is 12.6. The zero-order valence-electron chi connectivity index (χ0n) is 12.6. The minimum absolute atomic E-state index is 0.276. The maximum absolute atomic E-state index is 5.75. The first-order valence-electron chi connectivity index (χ1n) is 7.59. The maximum Gasteiger partial charge on any atom is 0.231 e. The number of hydrogen-bond acceptors (Lipinski definition) is 5. The molecular weight excluding hydrogens is 294 g/mol. The molecule has 1 aromatic heterocycles. The van der Waals surface area contributed by atoms with Crippen molar-refractivity contribution >= 4 is 11.0 Å². The first kappa shape index (κ1) is 14.0. The lowest BCUT2D eigenvalue weighted by Gasteiger charge is -2.07. The van der Waals surface area contributed by atoms with Crippen molar-refractivity contribution in [1.29, 1.82) is 0 Å². The molecule has 2 aromatic carbocycles. The Morgan fingerprint density at radius 1 is 1.00 bits per heavy atom. The lowest BCUT2D eigenvalue weighted by atomic mass is 10.2. The Kier molecular flexibility index (Phi) is 3.78. The van der Waals surface area contributed by atoms with Gasteiger partial charge in [0.05, 0.1) is 6.54 Å². The predicted molar refractivity (Wildman–Crippen MR) is 86.0 cm³/mol. The van der Waals surface area contributed by atoms with Gasteiger partial charge in [-0.1, -0.05) is 18.2 Å². The summed E-state index contributed by atoms with van der Waals surface area (Å²) in [6.45, 7) is 2.25. The van der Waals surface area contributed by atoms with Crippen molar-refractivity contribution in [3.63, 3.8) is 0 Å². The van der Waals surface area contributed by atoms with Crippen LogP contribution in [0, 0.1) is 0 Å². The van der Waals surface area contributed by atoms with Crippen LogP contribution in [0.15, 0.2) is 52.9 Å². The first-order valence-corrected chi connectivity index (χ1v) is 7.59. The van der Waals surface area contributed by atoms with Crippen LogP contribution in [0.1, 0.15) is 5.76 Å². The number of hydrogen-bond donors (Lipinski definition) is 1. The van der Waals surface area contributed by atoms with E-state index in [1.54, 1.807) is 0 Å². The Morgan fingerprint density at radius 2 is 1.91 bits per heavy atom. The highest BCUT2D eigenvalue weighted by atomic mass is 16.7. The Morgan fingerprint density at radius 3 is 2.87 bits per heavy atom. The molecule has 0 atom stereocenters. The van der Waals surface area contributed by atoms with E-state index >= 15 is 0 Å². The molecule has 4 rings (SSSR count). The molecule has 5 heteroatoms. The summed E-state index contributed by atoms with van der Waals surface area (Å²) in [5.74, 6) is 3.20. The van der Waals surface area contributed by atoms with Crippen molar-refractivity contribution in [2.75, 3.05) is 19.9 Å². The van der Waals surface area contributed by atoms with Crippen LogP contribution in [0.3, 0.4) is 0 Å². The largest absolute Gasteiger partial charge is 0.492 e. The molecule has 1 N–H and O–H groups in total. The third kappa shape index (κ3) is 3.10. The summed E-state index contributed by atoms with van der Waals surface area (Å²) in [7, 11) is 0. The van der Waals surface area contributed by atoms with Crippen LogP contribution in [0.4, 0.5) is 0 Å². The van der Waals surface area contributed by atoms with Crippen molar-refractivity contribution in [3.8, 4) is 17.2 Å². The molecule has 0 radical (unpaired) electrons. The molecule has 2 heterocycles. The van der Waals surface area contributed by atoms with E-state index < -0.39 is 0 Å². The number of para-hydroxylation sites is 1. The second kappa shape index (κ2) is 6.22. The number of rotatable bonds is 6. The normalized spacial score (nSPS) is 12.7. The summed E-state index contributed by atoms with van der Waals surface area (Å²) in [4.78, 5) is 0. The van der Waals surface area contributed by atoms with Crippen LogP contribution in [-0.4, -0.2) is 19.9 Å². The highest BCUT2D eigenvalue weighted by Gasteiger charge is 2.13. The predicted octanol–water partition coefficient (Wildman–Crippen LogP) is 3.33. The van der Waals surface area contributed by atoms with Gasteiger partial charge in [-0.15, -0.1) is 0 Å². The number of nitrogens with one attached hydrogen (secondary N) is 1. The molecule has 1 aliphatic heterocycles. The Labute approximate surface area is 133 Å². The summed E-state index contributed by atoms with van der Waals surface area (Å²) < 4.78 is 22.0. The third-order valence-corrected chi connectivity index (χ3v) is 3.67. The van der Waals surface area contributed by atoms with Gasteiger partial charge < -0.3 is 23.9 Å². The van der Waals surface area contributed by atoms with Gasteiger partial charge in [-0.05, 0) is 24.3 Å². The van der Waals surface area contributed by atoms with E-state index in [1.165, 1.54) is 0 Å².